The monoisotopic (exact) mass is 254 g/mol. The van der Waals surface area contributed by atoms with Crippen LogP contribution in [0.3, 0.4) is 0 Å². The summed E-state index contributed by atoms with van der Waals surface area (Å²) in [4.78, 5) is 11.8. The lowest BCUT2D eigenvalue weighted by Gasteiger charge is -2.23. The van der Waals surface area contributed by atoms with Gasteiger partial charge in [0.2, 0.25) is 5.91 Å². The molecule has 0 aromatic carbocycles. The normalized spacial score (nSPS) is 29.4. The zero-order valence-corrected chi connectivity index (χ0v) is 11.4. The fourth-order valence-corrected chi connectivity index (χ4v) is 2.92. The summed E-state index contributed by atoms with van der Waals surface area (Å²) in [5.41, 5.74) is 0. The van der Waals surface area contributed by atoms with Gasteiger partial charge < -0.3 is 15.4 Å². The first-order valence-electron chi connectivity index (χ1n) is 7.37. The van der Waals surface area contributed by atoms with E-state index in [0.29, 0.717) is 31.1 Å². The predicted molar refractivity (Wildman–Crippen MR) is 71.4 cm³/mol. The highest BCUT2D eigenvalue weighted by Crippen LogP contribution is 2.24. The van der Waals surface area contributed by atoms with Crippen molar-refractivity contribution >= 4 is 5.91 Å². The number of amides is 1. The van der Waals surface area contributed by atoms with Crippen LogP contribution in [-0.2, 0) is 9.53 Å². The van der Waals surface area contributed by atoms with Crippen molar-refractivity contribution in [1.82, 2.24) is 10.6 Å². The molecule has 1 saturated carbocycles. The van der Waals surface area contributed by atoms with Gasteiger partial charge in [-0.3, -0.25) is 4.79 Å². The van der Waals surface area contributed by atoms with Crippen molar-refractivity contribution in [3.05, 3.63) is 0 Å². The fourth-order valence-electron chi connectivity index (χ4n) is 2.92. The van der Waals surface area contributed by atoms with Crippen LogP contribution in [0, 0.1) is 5.92 Å². The first-order valence-corrected chi connectivity index (χ1v) is 7.37. The molecule has 1 amide bonds. The minimum absolute atomic E-state index is 0.155. The third kappa shape index (κ3) is 4.25. The van der Waals surface area contributed by atoms with Crippen molar-refractivity contribution in [2.75, 3.05) is 19.7 Å². The average molecular weight is 254 g/mol. The number of piperidine rings is 1. The van der Waals surface area contributed by atoms with Gasteiger partial charge in [0.1, 0.15) is 0 Å². The maximum Gasteiger partial charge on any atom is 0.222 e. The molecule has 0 radical (unpaired) electrons. The molecule has 18 heavy (non-hydrogen) atoms. The Labute approximate surface area is 110 Å². The highest BCUT2D eigenvalue weighted by atomic mass is 16.5. The summed E-state index contributed by atoms with van der Waals surface area (Å²) in [5, 5.41) is 6.44. The van der Waals surface area contributed by atoms with Gasteiger partial charge in [-0.2, -0.15) is 0 Å². The van der Waals surface area contributed by atoms with Crippen LogP contribution in [0.1, 0.15) is 45.4 Å². The lowest BCUT2D eigenvalue weighted by Crippen LogP contribution is -2.37. The quantitative estimate of drug-likeness (QED) is 0.781. The molecule has 0 bridgehead atoms. The van der Waals surface area contributed by atoms with Gasteiger partial charge in [-0.1, -0.05) is 13.3 Å². The molecular weight excluding hydrogens is 228 g/mol. The number of hydrogen-bond donors (Lipinski definition) is 2. The van der Waals surface area contributed by atoms with Gasteiger partial charge in [0.15, 0.2) is 0 Å². The summed E-state index contributed by atoms with van der Waals surface area (Å²) in [6, 6.07) is 0.399. The molecule has 0 aromatic heterocycles. The maximum atomic E-state index is 11.8. The summed E-state index contributed by atoms with van der Waals surface area (Å²) >= 11 is 0. The fraction of sp³-hybridized carbons (Fsp3) is 0.929. The largest absolute Gasteiger partial charge is 0.378 e. The van der Waals surface area contributed by atoms with E-state index in [1.807, 2.05) is 0 Å². The lowest BCUT2D eigenvalue weighted by atomic mass is 10.1. The smallest absolute Gasteiger partial charge is 0.222 e. The van der Waals surface area contributed by atoms with Gasteiger partial charge >= 0.3 is 0 Å². The summed E-state index contributed by atoms with van der Waals surface area (Å²) in [7, 11) is 0. The maximum absolute atomic E-state index is 11.8. The lowest BCUT2D eigenvalue weighted by molar-refractivity contribution is -0.123. The summed E-state index contributed by atoms with van der Waals surface area (Å²) < 4.78 is 5.74. The molecular formula is C14H26N2O2. The summed E-state index contributed by atoms with van der Waals surface area (Å²) in [6.45, 7) is 4.87. The van der Waals surface area contributed by atoms with Crippen molar-refractivity contribution in [2.45, 2.75) is 57.6 Å². The van der Waals surface area contributed by atoms with Crippen LogP contribution in [0.15, 0.2) is 0 Å². The Bertz CT molecular complexity index is 265. The van der Waals surface area contributed by atoms with Crippen molar-refractivity contribution in [3.63, 3.8) is 0 Å². The van der Waals surface area contributed by atoms with E-state index in [1.165, 1.54) is 12.8 Å². The molecule has 2 aliphatic rings. The number of ether oxygens (including phenoxy) is 1. The highest BCUT2D eigenvalue weighted by molar-refractivity contribution is 5.76. The van der Waals surface area contributed by atoms with E-state index in [2.05, 4.69) is 17.6 Å². The number of nitrogens with one attached hydrogen (secondary N) is 2. The molecule has 2 rings (SSSR count). The van der Waals surface area contributed by atoms with Crippen LogP contribution in [0.2, 0.25) is 0 Å². The number of rotatable bonds is 5. The Kier molecular flexibility index (Phi) is 5.45. The van der Waals surface area contributed by atoms with Crippen LogP contribution in [0.5, 0.6) is 0 Å². The Morgan fingerprint density at radius 3 is 2.72 bits per heavy atom. The third-order valence-electron chi connectivity index (χ3n) is 4.18. The van der Waals surface area contributed by atoms with Crippen molar-refractivity contribution < 1.29 is 9.53 Å². The third-order valence-corrected chi connectivity index (χ3v) is 4.18. The molecule has 0 aromatic rings. The van der Waals surface area contributed by atoms with Gasteiger partial charge in [0, 0.05) is 12.5 Å². The van der Waals surface area contributed by atoms with Gasteiger partial charge in [-0.05, 0) is 44.7 Å². The minimum atomic E-state index is 0.155. The van der Waals surface area contributed by atoms with Gasteiger partial charge in [0.05, 0.1) is 12.7 Å². The van der Waals surface area contributed by atoms with E-state index in [4.69, 9.17) is 4.74 Å². The predicted octanol–water partition coefficient (Wildman–Crippen LogP) is 1.45. The van der Waals surface area contributed by atoms with E-state index >= 15 is 0 Å². The topological polar surface area (TPSA) is 50.4 Å². The number of carbonyl (C=O) groups excluding carboxylic acids is 1. The van der Waals surface area contributed by atoms with Crippen LogP contribution in [0.25, 0.3) is 0 Å². The van der Waals surface area contributed by atoms with Crippen molar-refractivity contribution in [1.29, 1.82) is 0 Å². The highest BCUT2D eigenvalue weighted by Gasteiger charge is 2.24. The molecule has 2 atom stereocenters. The van der Waals surface area contributed by atoms with Gasteiger partial charge in [-0.25, -0.2) is 0 Å². The van der Waals surface area contributed by atoms with E-state index in [0.717, 1.165) is 32.4 Å². The van der Waals surface area contributed by atoms with Crippen LogP contribution < -0.4 is 10.6 Å². The van der Waals surface area contributed by atoms with Gasteiger partial charge in [0.25, 0.3) is 0 Å². The second-order valence-electron chi connectivity index (χ2n) is 5.65. The van der Waals surface area contributed by atoms with E-state index in [9.17, 15) is 4.79 Å². The number of hydrogen-bond acceptors (Lipinski definition) is 3. The zero-order valence-electron chi connectivity index (χ0n) is 11.4. The van der Waals surface area contributed by atoms with Crippen molar-refractivity contribution in [2.24, 2.45) is 5.92 Å². The second-order valence-corrected chi connectivity index (χ2v) is 5.65. The van der Waals surface area contributed by atoms with Gasteiger partial charge in [-0.15, -0.1) is 0 Å². The summed E-state index contributed by atoms with van der Waals surface area (Å²) in [5.74, 6) is 0.793. The SMILES string of the molecule is CC1CCCC1NC(=O)CCOC1CCNCC1. The Morgan fingerprint density at radius 1 is 1.28 bits per heavy atom. The second kappa shape index (κ2) is 7.10. The van der Waals surface area contributed by atoms with E-state index < -0.39 is 0 Å². The molecule has 4 heteroatoms. The van der Waals surface area contributed by atoms with Crippen LogP contribution >= 0.6 is 0 Å². The van der Waals surface area contributed by atoms with E-state index in [-0.39, 0.29) is 5.91 Å². The first-order chi connectivity index (χ1) is 8.75. The molecule has 104 valence electrons. The molecule has 4 nitrogen and oxygen atoms in total. The van der Waals surface area contributed by atoms with E-state index in [1.54, 1.807) is 0 Å². The van der Waals surface area contributed by atoms with Crippen LogP contribution in [0.4, 0.5) is 0 Å². The first kappa shape index (κ1) is 13.8. The molecule has 1 aliphatic carbocycles. The standard InChI is InChI=1S/C14H26N2O2/c1-11-3-2-4-13(11)16-14(17)7-10-18-12-5-8-15-9-6-12/h11-13,15H,2-10H2,1H3,(H,16,17). The summed E-state index contributed by atoms with van der Waals surface area (Å²) in [6.07, 6.45) is 6.64. The molecule has 2 fully saturated rings. The Hall–Kier alpha value is -0.610. The molecule has 2 unspecified atom stereocenters. The van der Waals surface area contributed by atoms with Crippen LogP contribution in [-0.4, -0.2) is 37.7 Å². The number of carbonyl (C=O) groups is 1. The Balaban J connectivity index is 1.56. The molecule has 2 N–H and O–H groups in total. The Morgan fingerprint density at radius 2 is 2.06 bits per heavy atom. The van der Waals surface area contributed by atoms with Crippen molar-refractivity contribution in [3.8, 4) is 0 Å². The average Bonchev–Trinajstić information content (AvgIpc) is 2.76. The molecule has 1 saturated heterocycles. The minimum Gasteiger partial charge on any atom is -0.378 e. The molecule has 0 spiro atoms. The molecule has 1 heterocycles. The molecule has 1 aliphatic heterocycles. The zero-order chi connectivity index (χ0) is 12.8.